The van der Waals surface area contributed by atoms with Crippen LogP contribution in [0.15, 0.2) is 12.2 Å². The number of nitrogens with zero attached hydrogens (tertiary/aromatic N) is 1. The van der Waals surface area contributed by atoms with Crippen molar-refractivity contribution in [3.63, 3.8) is 0 Å². The first-order valence-corrected chi connectivity index (χ1v) is 6.84. The molecule has 0 heterocycles. The highest BCUT2D eigenvalue weighted by Crippen LogP contribution is 2.46. The van der Waals surface area contributed by atoms with Gasteiger partial charge in [0, 0.05) is 12.8 Å². The van der Waals surface area contributed by atoms with Crippen molar-refractivity contribution in [2.24, 2.45) is 11.3 Å². The first-order chi connectivity index (χ1) is 9.12. The lowest BCUT2D eigenvalue weighted by Crippen LogP contribution is -2.37. The molecule has 0 aliphatic heterocycles. The molecule has 0 bridgehead atoms. The Labute approximate surface area is 114 Å². The van der Waals surface area contributed by atoms with E-state index in [0.29, 0.717) is 25.9 Å². The van der Waals surface area contributed by atoms with Gasteiger partial charge < -0.3 is 4.74 Å². The summed E-state index contributed by atoms with van der Waals surface area (Å²) >= 11 is 0. The second-order valence-corrected chi connectivity index (χ2v) is 4.84. The Bertz CT molecular complexity index is 408. The van der Waals surface area contributed by atoms with E-state index >= 15 is 0 Å². The number of carbonyl (C=O) groups is 2. The average molecular weight is 263 g/mol. The summed E-state index contributed by atoms with van der Waals surface area (Å²) in [7, 11) is 0. The van der Waals surface area contributed by atoms with E-state index in [2.05, 4.69) is 6.07 Å². The van der Waals surface area contributed by atoms with E-state index in [0.717, 1.165) is 6.42 Å². The first kappa shape index (κ1) is 15.4. The fraction of sp³-hybridized carbons (Fsp3) is 0.667. The minimum Gasteiger partial charge on any atom is -0.466 e. The smallest absolute Gasteiger partial charge is 0.310 e. The van der Waals surface area contributed by atoms with E-state index in [1.807, 2.05) is 19.1 Å². The van der Waals surface area contributed by atoms with Crippen molar-refractivity contribution in [2.45, 2.75) is 46.0 Å². The topological polar surface area (TPSA) is 67.2 Å². The van der Waals surface area contributed by atoms with Gasteiger partial charge in [0.1, 0.15) is 5.78 Å². The van der Waals surface area contributed by atoms with E-state index in [4.69, 9.17) is 10.00 Å². The summed E-state index contributed by atoms with van der Waals surface area (Å²) in [6.07, 6.45) is 6.16. The van der Waals surface area contributed by atoms with Gasteiger partial charge in [0.2, 0.25) is 0 Å². The third kappa shape index (κ3) is 3.23. The maximum Gasteiger partial charge on any atom is 0.310 e. The normalized spacial score (nSPS) is 26.6. The largest absolute Gasteiger partial charge is 0.466 e. The molecule has 104 valence electrons. The predicted octanol–water partition coefficient (Wildman–Crippen LogP) is 2.78. The van der Waals surface area contributed by atoms with Crippen LogP contribution in [-0.4, -0.2) is 18.4 Å². The van der Waals surface area contributed by atoms with Gasteiger partial charge in [-0.15, -0.1) is 0 Å². The van der Waals surface area contributed by atoms with E-state index < -0.39 is 11.3 Å². The SMILES string of the molecule is CC/C=C\CC1(CC#N)C(=O)CCC1C(=O)OCC. The molecule has 1 aliphatic carbocycles. The zero-order valence-electron chi connectivity index (χ0n) is 11.6. The fourth-order valence-corrected chi connectivity index (χ4v) is 2.73. The number of hydrogen-bond acceptors (Lipinski definition) is 4. The van der Waals surface area contributed by atoms with Crippen molar-refractivity contribution in [1.82, 2.24) is 0 Å². The Morgan fingerprint density at radius 3 is 2.84 bits per heavy atom. The highest BCUT2D eigenvalue weighted by Gasteiger charge is 2.52. The average Bonchev–Trinajstić information content (AvgIpc) is 2.69. The molecule has 4 heteroatoms. The van der Waals surface area contributed by atoms with Gasteiger partial charge in [-0.3, -0.25) is 9.59 Å². The van der Waals surface area contributed by atoms with Crippen LogP contribution in [0.4, 0.5) is 0 Å². The van der Waals surface area contributed by atoms with E-state index in [9.17, 15) is 9.59 Å². The molecular formula is C15H21NO3. The van der Waals surface area contributed by atoms with E-state index in [-0.39, 0.29) is 18.2 Å². The molecule has 0 N–H and O–H groups in total. The molecular weight excluding hydrogens is 242 g/mol. The number of esters is 1. The van der Waals surface area contributed by atoms with Crippen LogP contribution in [0.2, 0.25) is 0 Å². The maximum atomic E-state index is 12.2. The summed E-state index contributed by atoms with van der Waals surface area (Å²) in [6, 6.07) is 2.07. The lowest BCUT2D eigenvalue weighted by Gasteiger charge is -2.29. The molecule has 2 unspecified atom stereocenters. The zero-order valence-corrected chi connectivity index (χ0v) is 11.6. The Morgan fingerprint density at radius 2 is 2.26 bits per heavy atom. The van der Waals surface area contributed by atoms with Gasteiger partial charge in [0.25, 0.3) is 0 Å². The number of carbonyl (C=O) groups excluding carboxylic acids is 2. The monoisotopic (exact) mass is 263 g/mol. The van der Waals surface area contributed by atoms with Crippen LogP contribution in [0.25, 0.3) is 0 Å². The first-order valence-electron chi connectivity index (χ1n) is 6.84. The molecule has 19 heavy (non-hydrogen) atoms. The molecule has 1 rings (SSSR count). The summed E-state index contributed by atoms with van der Waals surface area (Å²) in [5, 5.41) is 9.02. The molecule has 1 fully saturated rings. The van der Waals surface area contributed by atoms with Crippen molar-refractivity contribution in [3.8, 4) is 6.07 Å². The number of hydrogen-bond donors (Lipinski definition) is 0. The van der Waals surface area contributed by atoms with Crippen LogP contribution >= 0.6 is 0 Å². The Balaban J connectivity index is 3.00. The van der Waals surface area contributed by atoms with Gasteiger partial charge in [-0.2, -0.15) is 5.26 Å². The minimum atomic E-state index is -0.868. The third-order valence-electron chi connectivity index (χ3n) is 3.73. The second-order valence-electron chi connectivity index (χ2n) is 4.84. The van der Waals surface area contributed by atoms with Gasteiger partial charge in [-0.1, -0.05) is 19.1 Å². The number of nitriles is 1. The molecule has 0 aromatic rings. The second kappa shape index (κ2) is 7.08. The molecule has 0 saturated heterocycles. The zero-order chi connectivity index (χ0) is 14.3. The van der Waals surface area contributed by atoms with E-state index in [1.165, 1.54) is 0 Å². The van der Waals surface area contributed by atoms with E-state index in [1.54, 1.807) is 6.92 Å². The molecule has 0 amide bonds. The molecule has 1 saturated carbocycles. The van der Waals surface area contributed by atoms with Crippen LogP contribution in [0, 0.1) is 22.7 Å². The van der Waals surface area contributed by atoms with Gasteiger partial charge in [-0.05, 0) is 26.2 Å². The van der Waals surface area contributed by atoms with Crippen LogP contribution in [0.3, 0.4) is 0 Å². The van der Waals surface area contributed by atoms with Crippen molar-refractivity contribution in [1.29, 1.82) is 5.26 Å². The van der Waals surface area contributed by atoms with Gasteiger partial charge in [0.05, 0.1) is 24.0 Å². The number of Topliss-reactive ketones (excluding diaryl/α,β-unsaturated/α-hetero) is 1. The van der Waals surface area contributed by atoms with Crippen molar-refractivity contribution in [2.75, 3.05) is 6.61 Å². The lowest BCUT2D eigenvalue weighted by molar-refractivity contribution is -0.153. The molecule has 0 aromatic heterocycles. The Hall–Kier alpha value is -1.63. The maximum absolute atomic E-state index is 12.2. The van der Waals surface area contributed by atoms with Crippen LogP contribution in [0.5, 0.6) is 0 Å². The molecule has 1 aliphatic rings. The van der Waals surface area contributed by atoms with Gasteiger partial charge in [-0.25, -0.2) is 0 Å². The predicted molar refractivity (Wildman–Crippen MR) is 71.1 cm³/mol. The van der Waals surface area contributed by atoms with Crippen LogP contribution < -0.4 is 0 Å². The lowest BCUT2D eigenvalue weighted by atomic mass is 9.72. The number of ether oxygens (including phenoxy) is 1. The highest BCUT2D eigenvalue weighted by molar-refractivity contribution is 5.94. The Morgan fingerprint density at radius 1 is 1.53 bits per heavy atom. The minimum absolute atomic E-state index is 0.0212. The van der Waals surface area contributed by atoms with Crippen molar-refractivity contribution < 1.29 is 14.3 Å². The molecule has 0 radical (unpaired) electrons. The number of rotatable bonds is 6. The summed E-state index contributed by atoms with van der Waals surface area (Å²) in [6.45, 7) is 4.06. The van der Waals surface area contributed by atoms with Crippen molar-refractivity contribution in [3.05, 3.63) is 12.2 Å². The molecule has 4 nitrogen and oxygen atoms in total. The summed E-state index contributed by atoms with van der Waals surface area (Å²) in [4.78, 5) is 24.2. The fourth-order valence-electron chi connectivity index (χ4n) is 2.73. The third-order valence-corrected chi connectivity index (χ3v) is 3.73. The molecule has 2 atom stereocenters. The summed E-state index contributed by atoms with van der Waals surface area (Å²) < 4.78 is 5.06. The van der Waals surface area contributed by atoms with Crippen LogP contribution in [-0.2, 0) is 14.3 Å². The van der Waals surface area contributed by atoms with Gasteiger partial charge in [0.15, 0.2) is 0 Å². The number of ketones is 1. The molecule has 0 spiro atoms. The molecule has 0 aromatic carbocycles. The highest BCUT2D eigenvalue weighted by atomic mass is 16.5. The van der Waals surface area contributed by atoms with Crippen LogP contribution in [0.1, 0.15) is 46.0 Å². The van der Waals surface area contributed by atoms with Gasteiger partial charge >= 0.3 is 5.97 Å². The van der Waals surface area contributed by atoms with Crippen molar-refractivity contribution >= 4 is 11.8 Å². The standard InChI is InChI=1S/C15H21NO3/c1-3-5-6-9-15(10-11-16)12(7-8-13(15)17)14(18)19-4-2/h5-6,12H,3-4,7-10H2,1-2H3/b6-5-. The Kier molecular flexibility index (Phi) is 5.75. The summed E-state index contributed by atoms with van der Waals surface area (Å²) in [5.41, 5.74) is -0.868. The number of allylic oxidation sites excluding steroid dienone is 2. The summed E-state index contributed by atoms with van der Waals surface area (Å²) in [5.74, 6) is -0.789. The quantitative estimate of drug-likeness (QED) is 0.546.